The summed E-state index contributed by atoms with van der Waals surface area (Å²) >= 11 is 0. The Kier molecular flexibility index (Phi) is 3.44. The van der Waals surface area contributed by atoms with Crippen LogP contribution >= 0.6 is 0 Å². The maximum atomic E-state index is 9.06. The molecule has 1 heterocycles. The van der Waals surface area contributed by atoms with Crippen LogP contribution in [0.5, 0.6) is 5.75 Å². The zero-order valence-corrected chi connectivity index (χ0v) is 10.2. The lowest BCUT2D eigenvalue weighted by Gasteiger charge is -2.11. The molecule has 0 bridgehead atoms. The predicted molar refractivity (Wildman–Crippen MR) is 66.0 cm³/mol. The summed E-state index contributed by atoms with van der Waals surface area (Å²) in [5.41, 5.74) is 2.01. The molecule has 1 aromatic heterocycles. The van der Waals surface area contributed by atoms with Gasteiger partial charge in [0.2, 0.25) is 0 Å². The van der Waals surface area contributed by atoms with Crippen molar-refractivity contribution in [3.05, 3.63) is 35.7 Å². The first-order valence-corrected chi connectivity index (χ1v) is 5.40. The third-order valence-corrected chi connectivity index (χ3v) is 2.46. The molecule has 0 radical (unpaired) electrons. The van der Waals surface area contributed by atoms with E-state index < -0.39 is 0 Å². The van der Waals surface area contributed by atoms with Crippen molar-refractivity contribution in [1.29, 1.82) is 5.26 Å². The van der Waals surface area contributed by atoms with Crippen LogP contribution in [0.4, 0.5) is 5.69 Å². The van der Waals surface area contributed by atoms with Crippen molar-refractivity contribution in [3.8, 4) is 11.8 Å². The number of hydrogen-bond acceptors (Lipinski definition) is 5. The van der Waals surface area contributed by atoms with Gasteiger partial charge < -0.3 is 10.1 Å². The topological polar surface area (TPSA) is 75.8 Å². The average molecular weight is 243 g/mol. The molecule has 0 amide bonds. The lowest BCUT2D eigenvalue weighted by molar-refractivity contribution is 0.416. The molecular weight excluding hydrogens is 230 g/mol. The maximum absolute atomic E-state index is 9.06. The van der Waals surface area contributed by atoms with Crippen molar-refractivity contribution in [2.75, 3.05) is 12.4 Å². The number of nitrogens with zero attached hydrogens (tertiary/aromatic N) is 4. The molecule has 0 unspecified atom stereocenters. The van der Waals surface area contributed by atoms with Gasteiger partial charge in [0, 0.05) is 13.2 Å². The van der Waals surface area contributed by atoms with E-state index in [9.17, 15) is 0 Å². The summed E-state index contributed by atoms with van der Waals surface area (Å²) in [4.78, 5) is 0. The van der Waals surface area contributed by atoms with Gasteiger partial charge in [0.25, 0.3) is 0 Å². The Hall–Kier alpha value is -2.55. The van der Waals surface area contributed by atoms with Gasteiger partial charge in [-0.15, -0.1) is 5.10 Å². The van der Waals surface area contributed by atoms with E-state index in [-0.39, 0.29) is 0 Å². The Morgan fingerprint density at radius 1 is 1.50 bits per heavy atom. The molecule has 2 rings (SSSR count). The number of benzene rings is 1. The number of nitrogens with one attached hydrogen (secondary N) is 1. The molecule has 0 saturated carbocycles. The molecule has 6 nitrogen and oxygen atoms in total. The van der Waals surface area contributed by atoms with Crippen molar-refractivity contribution in [2.45, 2.75) is 6.54 Å². The second-order valence-corrected chi connectivity index (χ2v) is 3.73. The quantitative estimate of drug-likeness (QED) is 0.876. The smallest absolute Gasteiger partial charge is 0.143 e. The van der Waals surface area contributed by atoms with Crippen LogP contribution in [0.3, 0.4) is 0 Å². The average Bonchev–Trinajstić information content (AvgIpc) is 2.81. The second-order valence-electron chi connectivity index (χ2n) is 3.73. The highest BCUT2D eigenvalue weighted by atomic mass is 16.5. The number of nitriles is 1. The summed E-state index contributed by atoms with van der Waals surface area (Å²) in [6.45, 7) is 0.489. The predicted octanol–water partition coefficient (Wildman–Crippen LogP) is 1.31. The summed E-state index contributed by atoms with van der Waals surface area (Å²) in [7, 11) is 3.38. The number of para-hydroxylation sites is 1. The number of hydrogen-bond donors (Lipinski definition) is 1. The Morgan fingerprint density at radius 2 is 2.33 bits per heavy atom. The van der Waals surface area contributed by atoms with Crippen LogP contribution < -0.4 is 10.1 Å². The number of ether oxygens (including phenoxy) is 1. The van der Waals surface area contributed by atoms with Crippen molar-refractivity contribution in [3.63, 3.8) is 0 Å². The maximum Gasteiger partial charge on any atom is 0.143 e. The fourth-order valence-electron chi connectivity index (χ4n) is 1.63. The van der Waals surface area contributed by atoms with E-state index >= 15 is 0 Å². The van der Waals surface area contributed by atoms with Gasteiger partial charge in [-0.3, -0.25) is 4.68 Å². The molecule has 0 atom stereocenters. The van der Waals surface area contributed by atoms with Gasteiger partial charge in [0.1, 0.15) is 17.5 Å². The Balaban J connectivity index is 2.20. The van der Waals surface area contributed by atoms with Crippen LogP contribution in [-0.4, -0.2) is 22.1 Å². The lowest BCUT2D eigenvalue weighted by atomic mass is 10.1. The number of rotatable bonds is 4. The summed E-state index contributed by atoms with van der Waals surface area (Å²) in [6.07, 6.45) is 1.81. The van der Waals surface area contributed by atoms with Gasteiger partial charge >= 0.3 is 0 Å². The van der Waals surface area contributed by atoms with Crippen LogP contribution in [-0.2, 0) is 13.6 Å². The SMILES string of the molecule is COc1cccc(C#N)c1NCc1cn(C)nn1. The van der Waals surface area contributed by atoms with Gasteiger partial charge in [0.15, 0.2) is 0 Å². The Bertz CT molecular complexity index is 584. The van der Waals surface area contributed by atoms with Crippen LogP contribution in [0, 0.1) is 11.3 Å². The second kappa shape index (κ2) is 5.19. The highest BCUT2D eigenvalue weighted by Crippen LogP contribution is 2.28. The monoisotopic (exact) mass is 243 g/mol. The van der Waals surface area contributed by atoms with Crippen molar-refractivity contribution in [1.82, 2.24) is 15.0 Å². The van der Waals surface area contributed by atoms with Gasteiger partial charge in [-0.1, -0.05) is 11.3 Å². The van der Waals surface area contributed by atoms with E-state index in [1.165, 1.54) is 0 Å². The molecule has 0 fully saturated rings. The van der Waals surface area contributed by atoms with Gasteiger partial charge in [-0.2, -0.15) is 5.26 Å². The minimum atomic E-state index is 0.489. The van der Waals surface area contributed by atoms with Crippen LogP contribution in [0.2, 0.25) is 0 Å². The van der Waals surface area contributed by atoms with Crippen molar-refractivity contribution >= 4 is 5.69 Å². The first kappa shape index (κ1) is 11.9. The van der Waals surface area contributed by atoms with E-state index in [4.69, 9.17) is 10.00 Å². The highest BCUT2D eigenvalue weighted by molar-refractivity contribution is 5.66. The lowest BCUT2D eigenvalue weighted by Crippen LogP contribution is -2.03. The van der Waals surface area contributed by atoms with Gasteiger partial charge in [-0.05, 0) is 12.1 Å². The van der Waals surface area contributed by atoms with Gasteiger partial charge in [-0.25, -0.2) is 0 Å². The Labute approximate surface area is 105 Å². The molecule has 0 aliphatic rings. The molecule has 0 saturated heterocycles. The summed E-state index contributed by atoms with van der Waals surface area (Å²) in [6, 6.07) is 7.45. The molecule has 6 heteroatoms. The molecule has 1 N–H and O–H groups in total. The first-order chi connectivity index (χ1) is 8.74. The van der Waals surface area contributed by atoms with E-state index in [1.54, 1.807) is 37.0 Å². The summed E-state index contributed by atoms with van der Waals surface area (Å²) < 4.78 is 6.86. The van der Waals surface area contributed by atoms with Crippen LogP contribution in [0.15, 0.2) is 24.4 Å². The molecule has 92 valence electrons. The van der Waals surface area contributed by atoms with Gasteiger partial charge in [0.05, 0.1) is 24.9 Å². The minimum absolute atomic E-state index is 0.489. The van der Waals surface area contributed by atoms with E-state index in [0.29, 0.717) is 23.5 Å². The molecular formula is C12H13N5O. The molecule has 1 aromatic carbocycles. The largest absolute Gasteiger partial charge is 0.495 e. The zero-order chi connectivity index (χ0) is 13.0. The van der Waals surface area contributed by atoms with Crippen LogP contribution in [0.25, 0.3) is 0 Å². The number of anilines is 1. The minimum Gasteiger partial charge on any atom is -0.495 e. The van der Waals surface area contributed by atoms with Crippen molar-refractivity contribution in [2.24, 2.45) is 7.05 Å². The Morgan fingerprint density at radius 3 is 2.94 bits per heavy atom. The van der Waals surface area contributed by atoms with E-state index in [0.717, 1.165) is 5.69 Å². The number of aromatic nitrogens is 3. The third kappa shape index (κ3) is 2.40. The number of methoxy groups -OCH3 is 1. The first-order valence-electron chi connectivity index (χ1n) is 5.40. The van der Waals surface area contributed by atoms with E-state index in [2.05, 4.69) is 21.7 Å². The zero-order valence-electron chi connectivity index (χ0n) is 10.2. The number of aryl methyl sites for hydroxylation is 1. The third-order valence-electron chi connectivity index (χ3n) is 2.46. The fourth-order valence-corrected chi connectivity index (χ4v) is 1.63. The highest BCUT2D eigenvalue weighted by Gasteiger charge is 2.09. The van der Waals surface area contributed by atoms with Crippen molar-refractivity contribution < 1.29 is 4.74 Å². The van der Waals surface area contributed by atoms with E-state index in [1.807, 2.05) is 6.20 Å². The van der Waals surface area contributed by atoms with Crippen LogP contribution in [0.1, 0.15) is 11.3 Å². The molecule has 0 spiro atoms. The summed E-state index contributed by atoms with van der Waals surface area (Å²) in [5, 5.41) is 20.0. The molecule has 2 aromatic rings. The molecule has 18 heavy (non-hydrogen) atoms. The fraction of sp³-hybridized carbons (Fsp3) is 0.250. The normalized spacial score (nSPS) is 9.83. The molecule has 0 aliphatic heterocycles. The molecule has 0 aliphatic carbocycles. The summed E-state index contributed by atoms with van der Waals surface area (Å²) in [5.74, 6) is 0.637. The standard InChI is InChI=1S/C12H13N5O/c1-17-8-10(15-16-17)7-14-12-9(6-13)4-3-5-11(12)18-2/h3-5,8,14H,7H2,1-2H3.